The van der Waals surface area contributed by atoms with Crippen molar-refractivity contribution in [1.82, 2.24) is 15.1 Å². The molecule has 1 atom stereocenters. The third-order valence-electron chi connectivity index (χ3n) is 8.43. The van der Waals surface area contributed by atoms with Gasteiger partial charge in [-0.2, -0.15) is 0 Å². The number of benzene rings is 2. The van der Waals surface area contributed by atoms with Gasteiger partial charge in [0.05, 0.1) is 0 Å². The van der Waals surface area contributed by atoms with Gasteiger partial charge in [-0.1, -0.05) is 24.6 Å². The number of nitrogens with zero attached hydrogens (tertiary/aromatic N) is 2. The van der Waals surface area contributed by atoms with Gasteiger partial charge in [-0.25, -0.2) is 4.39 Å². The maximum atomic E-state index is 15.0. The molecule has 4 aliphatic rings. The van der Waals surface area contributed by atoms with E-state index in [4.69, 9.17) is 0 Å². The molecular formula is C28H32FN3O2. The molecule has 2 heterocycles. The topological polar surface area (TPSA) is 52.7 Å². The minimum absolute atomic E-state index is 0.108. The van der Waals surface area contributed by atoms with Crippen LogP contribution in [0.1, 0.15) is 71.2 Å². The fourth-order valence-corrected chi connectivity index (χ4v) is 5.84. The van der Waals surface area contributed by atoms with E-state index in [9.17, 15) is 14.0 Å². The van der Waals surface area contributed by atoms with Crippen LogP contribution >= 0.6 is 0 Å². The number of likely N-dealkylation sites (tertiary alicyclic amines) is 1. The number of hydrogen-bond acceptors (Lipinski definition) is 3. The number of carbonyl (C=O) groups excluding carboxylic acids is 2. The second-order valence-corrected chi connectivity index (χ2v) is 10.4. The number of carbonyl (C=O) groups is 2. The van der Waals surface area contributed by atoms with E-state index in [1.165, 1.54) is 25.3 Å². The minimum atomic E-state index is -0.410. The molecule has 34 heavy (non-hydrogen) atoms. The number of halogens is 1. The van der Waals surface area contributed by atoms with Crippen LogP contribution in [0.4, 0.5) is 4.39 Å². The fraction of sp³-hybridized carbons (Fsp3) is 0.500. The summed E-state index contributed by atoms with van der Waals surface area (Å²) < 4.78 is 15.0. The van der Waals surface area contributed by atoms with Gasteiger partial charge in [0.1, 0.15) is 5.82 Å². The molecule has 2 saturated carbocycles. The van der Waals surface area contributed by atoms with Crippen molar-refractivity contribution < 1.29 is 14.0 Å². The second kappa shape index (κ2) is 8.81. The monoisotopic (exact) mass is 461 g/mol. The summed E-state index contributed by atoms with van der Waals surface area (Å²) in [5.74, 6) is -0.516. The molecular weight excluding hydrogens is 429 g/mol. The lowest BCUT2D eigenvalue weighted by molar-refractivity contribution is 0.0646. The van der Waals surface area contributed by atoms with Crippen molar-refractivity contribution in [2.45, 2.75) is 69.5 Å². The zero-order chi connectivity index (χ0) is 23.2. The predicted octanol–water partition coefficient (Wildman–Crippen LogP) is 4.40. The molecule has 0 unspecified atom stereocenters. The molecule has 178 valence electrons. The van der Waals surface area contributed by atoms with Crippen LogP contribution in [0, 0.1) is 5.82 Å². The summed E-state index contributed by atoms with van der Waals surface area (Å²) in [6.07, 6.45) is 8.91. The first-order chi connectivity index (χ1) is 16.6. The Morgan fingerprint density at radius 1 is 0.912 bits per heavy atom. The van der Waals surface area contributed by atoms with E-state index in [1.807, 2.05) is 18.2 Å². The van der Waals surface area contributed by atoms with Gasteiger partial charge in [-0.05, 0) is 74.3 Å². The minimum Gasteiger partial charge on any atom is -0.349 e. The SMILES string of the molecule is O=C(NC1CCC1)c1ccc(-c2ccc3c(c2)CCN([C@H]2CCN(C4CCC4)C2)C3=O)c(F)c1. The summed E-state index contributed by atoms with van der Waals surface area (Å²) in [4.78, 5) is 30.3. The highest BCUT2D eigenvalue weighted by Crippen LogP contribution is 2.33. The van der Waals surface area contributed by atoms with E-state index in [2.05, 4.69) is 15.1 Å². The Hall–Kier alpha value is -2.73. The van der Waals surface area contributed by atoms with Crippen molar-refractivity contribution in [3.8, 4) is 11.1 Å². The summed E-state index contributed by atoms with van der Waals surface area (Å²) >= 11 is 0. The summed E-state index contributed by atoms with van der Waals surface area (Å²) in [6, 6.07) is 11.6. The van der Waals surface area contributed by atoms with Crippen LogP contribution in [0.15, 0.2) is 36.4 Å². The number of rotatable bonds is 5. The van der Waals surface area contributed by atoms with Crippen LogP contribution in [-0.4, -0.2) is 59.4 Å². The van der Waals surface area contributed by atoms with Gasteiger partial charge in [0.15, 0.2) is 0 Å². The Morgan fingerprint density at radius 3 is 2.41 bits per heavy atom. The maximum absolute atomic E-state index is 15.0. The molecule has 2 aliphatic carbocycles. The highest BCUT2D eigenvalue weighted by molar-refractivity contribution is 5.98. The Labute approximate surface area is 200 Å². The first kappa shape index (κ1) is 21.8. The third kappa shape index (κ3) is 3.92. The Balaban J connectivity index is 1.17. The standard InChI is InChI=1S/C28H32FN3O2/c29-26-16-20(27(33)30-21-3-1-4-21)8-9-24(26)18-7-10-25-19(15-18)11-14-32(28(25)34)23-12-13-31(17-23)22-5-2-6-22/h7-10,15-16,21-23H,1-6,11-14,17H2,(H,30,33)/t23-/m0/s1. The van der Waals surface area contributed by atoms with Gasteiger partial charge in [0, 0.05) is 54.5 Å². The van der Waals surface area contributed by atoms with Gasteiger partial charge < -0.3 is 10.2 Å². The highest BCUT2D eigenvalue weighted by Gasteiger charge is 2.37. The first-order valence-corrected chi connectivity index (χ1v) is 12.9. The second-order valence-electron chi connectivity index (χ2n) is 10.4. The van der Waals surface area contributed by atoms with E-state index in [0.717, 1.165) is 74.5 Å². The first-order valence-electron chi connectivity index (χ1n) is 12.9. The Kier molecular flexibility index (Phi) is 5.64. The van der Waals surface area contributed by atoms with Crippen molar-refractivity contribution in [3.63, 3.8) is 0 Å². The molecule has 3 fully saturated rings. The zero-order valence-electron chi connectivity index (χ0n) is 19.6. The molecule has 2 amide bonds. The van der Waals surface area contributed by atoms with Crippen molar-refractivity contribution in [2.24, 2.45) is 0 Å². The average molecular weight is 462 g/mol. The van der Waals surface area contributed by atoms with Crippen LogP contribution in [-0.2, 0) is 6.42 Å². The maximum Gasteiger partial charge on any atom is 0.254 e. The van der Waals surface area contributed by atoms with E-state index in [-0.39, 0.29) is 17.9 Å². The Morgan fingerprint density at radius 2 is 1.71 bits per heavy atom. The lowest BCUT2D eigenvalue weighted by Crippen LogP contribution is -2.47. The fourth-order valence-electron chi connectivity index (χ4n) is 5.84. The van der Waals surface area contributed by atoms with E-state index >= 15 is 0 Å². The van der Waals surface area contributed by atoms with Crippen molar-refractivity contribution >= 4 is 11.8 Å². The quantitative estimate of drug-likeness (QED) is 0.718. The van der Waals surface area contributed by atoms with Gasteiger partial charge in [-0.15, -0.1) is 0 Å². The van der Waals surface area contributed by atoms with Gasteiger partial charge in [0.25, 0.3) is 11.8 Å². The predicted molar refractivity (Wildman–Crippen MR) is 129 cm³/mol. The summed E-state index contributed by atoms with van der Waals surface area (Å²) in [6.45, 7) is 2.82. The van der Waals surface area contributed by atoms with E-state index < -0.39 is 5.82 Å². The van der Waals surface area contributed by atoms with Gasteiger partial charge in [0.2, 0.25) is 0 Å². The summed E-state index contributed by atoms with van der Waals surface area (Å²) in [5.41, 5.74) is 3.29. The molecule has 1 saturated heterocycles. The van der Waals surface area contributed by atoms with Crippen LogP contribution < -0.4 is 5.32 Å². The van der Waals surface area contributed by atoms with E-state index in [1.54, 1.807) is 12.1 Å². The smallest absolute Gasteiger partial charge is 0.254 e. The normalized spacial score (nSPS) is 23.4. The lowest BCUT2D eigenvalue weighted by atomic mass is 9.91. The molecule has 1 N–H and O–H groups in total. The Bertz CT molecular complexity index is 1120. The molecule has 5 nitrogen and oxygen atoms in total. The van der Waals surface area contributed by atoms with Crippen LogP contribution in [0.2, 0.25) is 0 Å². The van der Waals surface area contributed by atoms with Gasteiger partial charge >= 0.3 is 0 Å². The lowest BCUT2D eigenvalue weighted by Gasteiger charge is -2.37. The highest BCUT2D eigenvalue weighted by atomic mass is 19.1. The largest absolute Gasteiger partial charge is 0.349 e. The molecule has 0 bridgehead atoms. The molecule has 2 aliphatic heterocycles. The van der Waals surface area contributed by atoms with Crippen LogP contribution in [0.25, 0.3) is 11.1 Å². The summed E-state index contributed by atoms with van der Waals surface area (Å²) in [5, 5.41) is 2.96. The molecule has 6 heteroatoms. The van der Waals surface area contributed by atoms with E-state index in [0.29, 0.717) is 17.2 Å². The molecule has 2 aromatic carbocycles. The molecule has 0 spiro atoms. The van der Waals surface area contributed by atoms with Gasteiger partial charge in [-0.3, -0.25) is 14.5 Å². The summed E-state index contributed by atoms with van der Waals surface area (Å²) in [7, 11) is 0. The van der Waals surface area contributed by atoms with Crippen molar-refractivity contribution in [1.29, 1.82) is 0 Å². The molecule has 2 aromatic rings. The van der Waals surface area contributed by atoms with Crippen LogP contribution in [0.5, 0.6) is 0 Å². The third-order valence-corrected chi connectivity index (χ3v) is 8.43. The zero-order valence-corrected chi connectivity index (χ0v) is 19.6. The molecule has 6 rings (SSSR count). The van der Waals surface area contributed by atoms with Crippen molar-refractivity contribution in [3.05, 3.63) is 58.9 Å². The molecule has 0 radical (unpaired) electrons. The number of hydrogen-bond donors (Lipinski definition) is 1. The van der Waals surface area contributed by atoms with Crippen LogP contribution in [0.3, 0.4) is 0 Å². The number of fused-ring (bicyclic) bond motifs is 1. The number of amides is 2. The molecule has 0 aromatic heterocycles. The average Bonchev–Trinajstić information content (AvgIpc) is 3.24. The number of nitrogens with one attached hydrogen (secondary N) is 1. The van der Waals surface area contributed by atoms with Crippen molar-refractivity contribution in [2.75, 3.05) is 19.6 Å².